The highest BCUT2D eigenvalue weighted by molar-refractivity contribution is 9.10. The molecule has 2 atom stereocenters. The van der Waals surface area contributed by atoms with E-state index in [0.29, 0.717) is 15.9 Å². The zero-order valence-corrected chi connectivity index (χ0v) is 18.0. The lowest BCUT2D eigenvalue weighted by atomic mass is 9.96. The average Bonchev–Trinajstić information content (AvgIpc) is 2.90. The molecule has 1 amide bonds. The summed E-state index contributed by atoms with van der Waals surface area (Å²) < 4.78 is 24.9. The highest BCUT2D eigenvalue weighted by Gasteiger charge is 2.50. The van der Waals surface area contributed by atoms with Crippen LogP contribution in [0.1, 0.15) is 20.8 Å². The number of aliphatic imine (C=N–C) groups is 1. The van der Waals surface area contributed by atoms with Crippen molar-refractivity contribution in [1.29, 1.82) is 0 Å². The maximum absolute atomic E-state index is 12.4. The highest BCUT2D eigenvalue weighted by atomic mass is 79.9. The third kappa shape index (κ3) is 3.91. The number of carbonyl (C=O) groups excluding carboxylic acids is 1. The summed E-state index contributed by atoms with van der Waals surface area (Å²) in [5.41, 5.74) is 0.0643. The van der Waals surface area contributed by atoms with Gasteiger partial charge in [-0.1, -0.05) is 60.1 Å². The second-order valence-corrected chi connectivity index (χ2v) is 11.9. The molecule has 0 bridgehead atoms. The normalized spacial score (nSPS) is 26.9. The van der Waals surface area contributed by atoms with Crippen LogP contribution in [0.4, 0.5) is 5.69 Å². The van der Waals surface area contributed by atoms with Crippen molar-refractivity contribution < 1.29 is 13.2 Å². The Balaban J connectivity index is 2.07. The summed E-state index contributed by atoms with van der Waals surface area (Å²) in [5.74, 6) is -0.105. The largest absolute Gasteiger partial charge is 0.314 e. The number of halogens is 2. The van der Waals surface area contributed by atoms with E-state index in [9.17, 15) is 13.2 Å². The van der Waals surface area contributed by atoms with Crippen molar-refractivity contribution in [2.45, 2.75) is 32.1 Å². The molecular weight excluding hydrogens is 448 g/mol. The minimum Gasteiger partial charge on any atom is -0.314 e. The molecule has 3 rings (SSSR count). The minimum atomic E-state index is -3.10. The summed E-state index contributed by atoms with van der Waals surface area (Å²) in [5, 5.41) is 0.862. The molecular formula is C16H18BrClN2O3S2. The molecule has 2 fully saturated rings. The van der Waals surface area contributed by atoms with Gasteiger partial charge in [-0.15, -0.1) is 0 Å². The van der Waals surface area contributed by atoms with E-state index in [4.69, 9.17) is 11.6 Å². The van der Waals surface area contributed by atoms with E-state index in [1.54, 1.807) is 26.8 Å². The van der Waals surface area contributed by atoms with E-state index in [-0.39, 0.29) is 28.7 Å². The van der Waals surface area contributed by atoms with Gasteiger partial charge in [0.15, 0.2) is 15.0 Å². The number of hydrogen-bond donors (Lipinski definition) is 0. The number of amidine groups is 1. The number of carbonyl (C=O) groups is 1. The predicted molar refractivity (Wildman–Crippen MR) is 107 cm³/mol. The molecule has 0 spiro atoms. The van der Waals surface area contributed by atoms with Crippen LogP contribution in [0.25, 0.3) is 0 Å². The molecule has 2 aliphatic rings. The first-order chi connectivity index (χ1) is 11.5. The van der Waals surface area contributed by atoms with Gasteiger partial charge < -0.3 is 4.90 Å². The lowest BCUT2D eigenvalue weighted by molar-refractivity contribution is -0.124. The van der Waals surface area contributed by atoms with Crippen LogP contribution in [0.3, 0.4) is 0 Å². The van der Waals surface area contributed by atoms with E-state index in [0.717, 1.165) is 4.47 Å². The maximum Gasteiger partial charge on any atom is 0.253 e. The van der Waals surface area contributed by atoms with Crippen LogP contribution in [0.5, 0.6) is 0 Å². The van der Waals surface area contributed by atoms with Crippen LogP contribution in [-0.4, -0.2) is 42.3 Å². The molecule has 0 N–H and O–H groups in total. The average molecular weight is 466 g/mol. The number of rotatable bonds is 1. The molecule has 1 aromatic rings. The van der Waals surface area contributed by atoms with Gasteiger partial charge in [0.25, 0.3) is 5.91 Å². The first-order valence-electron chi connectivity index (χ1n) is 7.72. The van der Waals surface area contributed by atoms with Gasteiger partial charge in [-0.25, -0.2) is 8.42 Å². The number of amides is 1. The van der Waals surface area contributed by atoms with Crippen LogP contribution in [0, 0.1) is 5.41 Å². The SMILES string of the molecule is CC(C)(C)C(=O)N=C1S[C@H]2CS(=O)(=O)C[C@H]2N1c1ccc(Br)cc1Cl. The van der Waals surface area contributed by atoms with Crippen LogP contribution in [0.2, 0.25) is 5.02 Å². The lowest BCUT2D eigenvalue weighted by Crippen LogP contribution is -2.38. The number of fused-ring (bicyclic) bond motifs is 1. The fourth-order valence-electron chi connectivity index (χ4n) is 2.78. The summed E-state index contributed by atoms with van der Waals surface area (Å²) >= 11 is 11.1. The topological polar surface area (TPSA) is 66.8 Å². The quantitative estimate of drug-likeness (QED) is 0.632. The zero-order chi connectivity index (χ0) is 18.6. The summed E-state index contributed by atoms with van der Waals surface area (Å²) in [6.07, 6.45) is 0. The number of nitrogens with zero attached hydrogens (tertiary/aromatic N) is 2. The predicted octanol–water partition coefficient (Wildman–Crippen LogP) is 3.75. The van der Waals surface area contributed by atoms with Crippen molar-refractivity contribution in [3.8, 4) is 0 Å². The molecule has 2 aliphatic heterocycles. The van der Waals surface area contributed by atoms with Crippen molar-refractivity contribution in [3.05, 3.63) is 27.7 Å². The van der Waals surface area contributed by atoms with Crippen molar-refractivity contribution in [2.75, 3.05) is 16.4 Å². The first-order valence-corrected chi connectivity index (χ1v) is 11.6. The van der Waals surface area contributed by atoms with E-state index in [1.807, 2.05) is 17.0 Å². The Bertz CT molecular complexity index is 865. The number of sulfone groups is 1. The van der Waals surface area contributed by atoms with Crippen LogP contribution < -0.4 is 4.90 Å². The molecule has 9 heteroatoms. The van der Waals surface area contributed by atoms with Crippen molar-refractivity contribution in [2.24, 2.45) is 10.4 Å². The van der Waals surface area contributed by atoms with Gasteiger partial charge >= 0.3 is 0 Å². The second-order valence-electron chi connectivity index (χ2n) is 7.22. The van der Waals surface area contributed by atoms with Gasteiger partial charge in [-0.05, 0) is 18.2 Å². The van der Waals surface area contributed by atoms with Gasteiger partial charge in [0.05, 0.1) is 28.3 Å². The molecule has 25 heavy (non-hydrogen) atoms. The standard InChI is InChI=1S/C16H18BrClN2O3S2/c1-16(2,3)14(21)19-15-20(11-5-4-9(17)6-10(11)18)12-7-25(22,23)8-13(12)24-15/h4-6,12-13H,7-8H2,1-3H3/t12-,13+/m1/s1. The van der Waals surface area contributed by atoms with Crippen molar-refractivity contribution in [3.63, 3.8) is 0 Å². The summed E-state index contributed by atoms with van der Waals surface area (Å²) in [6, 6.07) is 5.14. The molecule has 5 nitrogen and oxygen atoms in total. The van der Waals surface area contributed by atoms with Crippen LogP contribution in [-0.2, 0) is 14.6 Å². The van der Waals surface area contributed by atoms with E-state index in [1.165, 1.54) is 11.8 Å². The van der Waals surface area contributed by atoms with Gasteiger partial charge in [0.2, 0.25) is 0 Å². The maximum atomic E-state index is 12.4. The molecule has 1 aromatic carbocycles. The number of thioether (sulfide) groups is 1. The van der Waals surface area contributed by atoms with Gasteiger partial charge in [-0.2, -0.15) is 4.99 Å². The van der Waals surface area contributed by atoms with E-state index in [2.05, 4.69) is 20.9 Å². The summed E-state index contributed by atoms with van der Waals surface area (Å²) in [7, 11) is -3.10. The Labute approximate surface area is 165 Å². The molecule has 0 saturated carbocycles. The third-order valence-corrected chi connectivity index (χ3v) is 8.08. The summed E-state index contributed by atoms with van der Waals surface area (Å²) in [4.78, 5) is 18.5. The van der Waals surface area contributed by atoms with Gasteiger partial charge in [0.1, 0.15) is 0 Å². The Morgan fingerprint density at radius 1 is 1.36 bits per heavy atom. The molecule has 0 unspecified atom stereocenters. The molecule has 0 aromatic heterocycles. The molecule has 136 valence electrons. The van der Waals surface area contributed by atoms with Gasteiger partial charge in [0, 0.05) is 15.1 Å². The Morgan fingerprint density at radius 2 is 2.04 bits per heavy atom. The van der Waals surface area contributed by atoms with E-state index >= 15 is 0 Å². The molecule has 2 heterocycles. The first kappa shape index (κ1) is 19.2. The third-order valence-electron chi connectivity index (χ3n) is 4.07. The Hall–Kier alpha value is -0.570. The van der Waals surface area contributed by atoms with Crippen LogP contribution >= 0.6 is 39.3 Å². The number of anilines is 1. The van der Waals surface area contributed by atoms with E-state index < -0.39 is 15.3 Å². The molecule has 0 radical (unpaired) electrons. The minimum absolute atomic E-state index is 0.0415. The van der Waals surface area contributed by atoms with Crippen molar-refractivity contribution in [1.82, 2.24) is 0 Å². The fraction of sp³-hybridized carbons (Fsp3) is 0.500. The zero-order valence-electron chi connectivity index (χ0n) is 14.0. The molecule has 0 aliphatic carbocycles. The Morgan fingerprint density at radius 3 is 2.64 bits per heavy atom. The second kappa shape index (κ2) is 6.55. The number of hydrogen-bond acceptors (Lipinski definition) is 4. The van der Waals surface area contributed by atoms with Gasteiger partial charge in [-0.3, -0.25) is 4.79 Å². The fourth-order valence-corrected chi connectivity index (χ4v) is 7.45. The molecule has 2 saturated heterocycles. The smallest absolute Gasteiger partial charge is 0.253 e. The van der Waals surface area contributed by atoms with Crippen LogP contribution in [0.15, 0.2) is 27.7 Å². The highest BCUT2D eigenvalue weighted by Crippen LogP contribution is 2.43. The Kier molecular flexibility index (Phi) is 5.03. The number of benzene rings is 1. The lowest BCUT2D eigenvalue weighted by Gasteiger charge is -2.26. The monoisotopic (exact) mass is 464 g/mol. The van der Waals surface area contributed by atoms with Crippen molar-refractivity contribution >= 4 is 65.9 Å². The summed E-state index contributed by atoms with van der Waals surface area (Å²) in [6.45, 7) is 5.42.